The molecule has 3 rings (SSSR count). The Kier molecular flexibility index (Phi) is 3.92. The zero-order chi connectivity index (χ0) is 14.7. The molecule has 1 aliphatic rings. The topological polar surface area (TPSA) is 55.3 Å². The number of hydrogen-bond acceptors (Lipinski definition) is 4. The lowest BCUT2D eigenvalue weighted by Crippen LogP contribution is -2.38. The average Bonchev–Trinajstić information content (AvgIpc) is 2.55. The summed E-state index contributed by atoms with van der Waals surface area (Å²) in [5, 5.41) is 0. The Labute approximate surface area is 123 Å². The molecule has 0 spiro atoms. The van der Waals surface area contributed by atoms with Crippen molar-refractivity contribution in [2.75, 3.05) is 13.6 Å². The zero-order valence-electron chi connectivity index (χ0n) is 11.9. The van der Waals surface area contributed by atoms with Crippen LogP contribution in [-0.4, -0.2) is 40.5 Å². The molecule has 1 aliphatic heterocycles. The van der Waals surface area contributed by atoms with Gasteiger partial charge in [-0.1, -0.05) is 24.3 Å². The van der Waals surface area contributed by atoms with E-state index >= 15 is 0 Å². The second kappa shape index (κ2) is 6.01. The quantitative estimate of drug-likeness (QED) is 0.860. The number of hydrogen-bond donors (Lipinski definition) is 0. The molecule has 1 aromatic heterocycles. The molecule has 1 atom stereocenters. The van der Waals surface area contributed by atoms with Gasteiger partial charge in [0.1, 0.15) is 0 Å². The normalized spacial score (nSPS) is 17.1. The van der Waals surface area contributed by atoms with Gasteiger partial charge in [0.25, 0.3) is 5.91 Å². The minimum atomic E-state index is -0.182. The molecule has 1 unspecified atom stereocenters. The van der Waals surface area contributed by atoms with Crippen LogP contribution in [0, 0.1) is 0 Å². The van der Waals surface area contributed by atoms with Crippen LogP contribution in [0.5, 0.6) is 0 Å². The maximum absolute atomic E-state index is 12.2. The lowest BCUT2D eigenvalue weighted by atomic mass is 9.99. The van der Waals surface area contributed by atoms with Gasteiger partial charge in [0.2, 0.25) is 5.82 Å². The number of ether oxygens (including phenoxy) is 1. The van der Waals surface area contributed by atoms with E-state index in [-0.39, 0.29) is 17.8 Å². The van der Waals surface area contributed by atoms with E-state index in [1.165, 1.54) is 11.1 Å². The largest absolute Gasteiger partial charge is 0.371 e. The second-order valence-corrected chi connectivity index (χ2v) is 5.16. The lowest BCUT2D eigenvalue weighted by Gasteiger charge is -2.28. The molecule has 5 heteroatoms. The van der Waals surface area contributed by atoms with Crippen LogP contribution in [-0.2, 0) is 17.8 Å². The number of amides is 1. The molecule has 0 radical (unpaired) electrons. The molecule has 1 aromatic carbocycles. The average molecular weight is 283 g/mol. The number of carbonyl (C=O) groups is 1. The van der Waals surface area contributed by atoms with Crippen molar-refractivity contribution in [1.82, 2.24) is 14.9 Å². The van der Waals surface area contributed by atoms with Crippen molar-refractivity contribution in [2.45, 2.75) is 19.1 Å². The summed E-state index contributed by atoms with van der Waals surface area (Å²) in [6, 6.07) is 9.95. The van der Waals surface area contributed by atoms with E-state index in [0.717, 1.165) is 6.42 Å². The molecule has 0 saturated heterocycles. The molecular weight excluding hydrogens is 266 g/mol. The minimum Gasteiger partial charge on any atom is -0.371 e. The Morgan fingerprint density at radius 2 is 1.95 bits per heavy atom. The van der Waals surface area contributed by atoms with Gasteiger partial charge in [-0.2, -0.15) is 0 Å². The summed E-state index contributed by atoms with van der Waals surface area (Å²) in [5.41, 5.74) is 2.53. The van der Waals surface area contributed by atoms with Crippen LogP contribution in [0.15, 0.2) is 42.7 Å². The van der Waals surface area contributed by atoms with E-state index in [4.69, 9.17) is 4.74 Å². The molecule has 5 nitrogen and oxygen atoms in total. The number of likely N-dealkylation sites (N-methyl/N-ethyl adjacent to an activating group) is 1. The Morgan fingerprint density at radius 1 is 1.24 bits per heavy atom. The van der Waals surface area contributed by atoms with Crippen molar-refractivity contribution >= 4 is 5.91 Å². The summed E-state index contributed by atoms with van der Waals surface area (Å²) >= 11 is 0. The van der Waals surface area contributed by atoms with Gasteiger partial charge < -0.3 is 9.64 Å². The fraction of sp³-hybridized carbons (Fsp3) is 0.312. The van der Waals surface area contributed by atoms with E-state index < -0.39 is 0 Å². The predicted molar refractivity (Wildman–Crippen MR) is 77.7 cm³/mol. The Morgan fingerprint density at radius 3 is 2.71 bits per heavy atom. The van der Waals surface area contributed by atoms with Crippen LogP contribution >= 0.6 is 0 Å². The molecule has 2 aromatic rings. The third-order valence-electron chi connectivity index (χ3n) is 3.62. The second-order valence-electron chi connectivity index (χ2n) is 5.16. The first-order valence-corrected chi connectivity index (χ1v) is 6.95. The van der Waals surface area contributed by atoms with Crippen molar-refractivity contribution in [3.63, 3.8) is 0 Å². The van der Waals surface area contributed by atoms with Crippen LogP contribution in [0.3, 0.4) is 0 Å². The SMILES string of the molecule is CN(CC1Cc2ccccc2CO1)C(=O)c1ncccn1. The van der Waals surface area contributed by atoms with E-state index in [1.807, 2.05) is 12.1 Å². The maximum Gasteiger partial charge on any atom is 0.291 e. The van der Waals surface area contributed by atoms with Gasteiger partial charge in [-0.15, -0.1) is 0 Å². The van der Waals surface area contributed by atoms with Crippen molar-refractivity contribution in [3.05, 3.63) is 59.7 Å². The molecule has 108 valence electrons. The highest BCUT2D eigenvalue weighted by molar-refractivity contribution is 5.90. The molecule has 0 fully saturated rings. The van der Waals surface area contributed by atoms with Crippen molar-refractivity contribution in [3.8, 4) is 0 Å². The van der Waals surface area contributed by atoms with E-state index in [1.54, 1.807) is 30.4 Å². The van der Waals surface area contributed by atoms with Crippen molar-refractivity contribution in [2.24, 2.45) is 0 Å². The molecule has 0 bridgehead atoms. The smallest absolute Gasteiger partial charge is 0.291 e. The van der Waals surface area contributed by atoms with Gasteiger partial charge in [0, 0.05) is 32.4 Å². The standard InChI is InChI=1S/C16H17N3O2/c1-19(16(20)15-17-7-4-8-18-15)10-14-9-12-5-2-3-6-13(12)11-21-14/h2-8,14H,9-11H2,1H3. The van der Waals surface area contributed by atoms with Gasteiger partial charge in [-0.05, 0) is 17.2 Å². The number of carbonyl (C=O) groups excluding carboxylic acids is 1. The first-order valence-electron chi connectivity index (χ1n) is 6.95. The van der Waals surface area contributed by atoms with Gasteiger partial charge in [0.05, 0.1) is 12.7 Å². The van der Waals surface area contributed by atoms with E-state index in [9.17, 15) is 4.79 Å². The zero-order valence-corrected chi connectivity index (χ0v) is 11.9. The molecule has 2 heterocycles. The number of fused-ring (bicyclic) bond motifs is 1. The van der Waals surface area contributed by atoms with Crippen LogP contribution < -0.4 is 0 Å². The van der Waals surface area contributed by atoms with Gasteiger partial charge in [-0.3, -0.25) is 4.79 Å². The predicted octanol–water partition coefficient (Wildman–Crippen LogP) is 1.69. The Balaban J connectivity index is 1.64. The number of nitrogens with zero attached hydrogens (tertiary/aromatic N) is 3. The monoisotopic (exact) mass is 283 g/mol. The molecule has 1 amide bonds. The summed E-state index contributed by atoms with van der Waals surface area (Å²) in [4.78, 5) is 21.8. The summed E-state index contributed by atoms with van der Waals surface area (Å²) in [6.45, 7) is 1.14. The number of benzene rings is 1. The van der Waals surface area contributed by atoms with Crippen LogP contribution in [0.25, 0.3) is 0 Å². The molecule has 0 N–H and O–H groups in total. The Hall–Kier alpha value is -2.27. The summed E-state index contributed by atoms with van der Waals surface area (Å²) in [6.07, 6.45) is 3.98. The fourth-order valence-corrected chi connectivity index (χ4v) is 2.50. The van der Waals surface area contributed by atoms with E-state index in [0.29, 0.717) is 13.2 Å². The van der Waals surface area contributed by atoms with Gasteiger partial charge in [0.15, 0.2) is 0 Å². The molecular formula is C16H17N3O2. The number of aromatic nitrogens is 2. The molecule has 0 saturated carbocycles. The lowest BCUT2D eigenvalue weighted by molar-refractivity contribution is 0.00958. The van der Waals surface area contributed by atoms with Crippen LogP contribution in [0.4, 0.5) is 0 Å². The minimum absolute atomic E-state index is 0.0116. The van der Waals surface area contributed by atoms with Gasteiger partial charge >= 0.3 is 0 Å². The van der Waals surface area contributed by atoms with Crippen molar-refractivity contribution in [1.29, 1.82) is 0 Å². The fourth-order valence-electron chi connectivity index (χ4n) is 2.50. The highest BCUT2D eigenvalue weighted by atomic mass is 16.5. The highest BCUT2D eigenvalue weighted by Crippen LogP contribution is 2.20. The molecule has 21 heavy (non-hydrogen) atoms. The Bertz CT molecular complexity index is 630. The van der Waals surface area contributed by atoms with Crippen LogP contribution in [0.2, 0.25) is 0 Å². The highest BCUT2D eigenvalue weighted by Gasteiger charge is 2.23. The third-order valence-corrected chi connectivity index (χ3v) is 3.62. The van der Waals surface area contributed by atoms with Gasteiger partial charge in [-0.25, -0.2) is 9.97 Å². The first-order chi connectivity index (χ1) is 10.2. The summed E-state index contributed by atoms with van der Waals surface area (Å²) in [5.74, 6) is 0.0364. The van der Waals surface area contributed by atoms with Crippen molar-refractivity contribution < 1.29 is 9.53 Å². The van der Waals surface area contributed by atoms with Crippen LogP contribution in [0.1, 0.15) is 21.7 Å². The summed E-state index contributed by atoms with van der Waals surface area (Å²) in [7, 11) is 1.75. The van der Waals surface area contributed by atoms with E-state index in [2.05, 4.69) is 22.1 Å². The third kappa shape index (κ3) is 3.08. The summed E-state index contributed by atoms with van der Waals surface area (Å²) < 4.78 is 5.83. The maximum atomic E-state index is 12.2. The molecule has 0 aliphatic carbocycles. The number of rotatable bonds is 3. The first kappa shape index (κ1) is 13.7.